The zero-order chi connectivity index (χ0) is 16.8. The molecule has 1 aliphatic heterocycles. The average Bonchev–Trinajstić information content (AvgIpc) is 3.05. The summed E-state index contributed by atoms with van der Waals surface area (Å²) in [5.41, 5.74) is 5.82. The van der Waals surface area contributed by atoms with Crippen LogP contribution >= 0.6 is 0 Å². The first kappa shape index (κ1) is 14.7. The first-order valence-electron chi connectivity index (χ1n) is 7.97. The number of carbonyl (C=O) groups is 1. The van der Waals surface area contributed by atoms with Gasteiger partial charge in [-0.15, -0.1) is 0 Å². The Morgan fingerprint density at radius 3 is 2.50 bits per heavy atom. The average molecular weight is 318 g/mol. The minimum Gasteiger partial charge on any atom is -0.361 e. The summed E-state index contributed by atoms with van der Waals surface area (Å²) in [6.07, 6.45) is 0. The van der Waals surface area contributed by atoms with Gasteiger partial charge in [-0.3, -0.25) is 4.79 Å². The van der Waals surface area contributed by atoms with Crippen LogP contribution in [-0.2, 0) is 0 Å². The van der Waals surface area contributed by atoms with E-state index in [-0.39, 0.29) is 11.9 Å². The quantitative estimate of drug-likeness (QED) is 0.713. The maximum atomic E-state index is 12.6. The summed E-state index contributed by atoms with van der Waals surface area (Å²) in [6.45, 7) is 3.85. The summed E-state index contributed by atoms with van der Waals surface area (Å²) in [5.74, 6) is 0.852. The van der Waals surface area contributed by atoms with Crippen LogP contribution in [0.5, 0.6) is 0 Å². The second kappa shape index (κ2) is 5.34. The molecule has 0 aliphatic carbocycles. The number of rotatable bonds is 2. The van der Waals surface area contributed by atoms with Gasteiger partial charge >= 0.3 is 0 Å². The maximum Gasteiger partial charge on any atom is 0.254 e. The number of hydrogen-bond acceptors (Lipinski definition) is 3. The van der Waals surface area contributed by atoms with Gasteiger partial charge in [-0.05, 0) is 42.7 Å². The Labute approximate surface area is 140 Å². The number of aryl methyl sites for hydroxylation is 2. The van der Waals surface area contributed by atoms with Crippen molar-refractivity contribution < 1.29 is 9.32 Å². The van der Waals surface area contributed by atoms with Gasteiger partial charge in [0, 0.05) is 18.2 Å². The fraction of sp³-hybridized carbons (Fsp3) is 0.200. The Morgan fingerprint density at radius 1 is 1.08 bits per heavy atom. The number of benzene rings is 2. The summed E-state index contributed by atoms with van der Waals surface area (Å²) in [4.78, 5) is 14.4. The molecule has 0 spiro atoms. The molecule has 0 saturated carbocycles. The van der Waals surface area contributed by atoms with E-state index in [1.807, 2.05) is 51.2 Å². The van der Waals surface area contributed by atoms with E-state index in [0.29, 0.717) is 0 Å². The highest BCUT2D eigenvalue weighted by Gasteiger charge is 2.35. The summed E-state index contributed by atoms with van der Waals surface area (Å²) in [6, 6.07) is 16.0. The summed E-state index contributed by atoms with van der Waals surface area (Å²) in [7, 11) is 1.86. The number of aromatic nitrogens is 1. The Morgan fingerprint density at radius 2 is 1.83 bits per heavy atom. The molecule has 1 amide bonds. The molecular formula is C20H18N2O2. The standard InChI is InChI=1S/C20H18N2O2/c1-12-18(13(2)24-21-12)15-9-10-16-17(11-15)19(22(3)20(16)23)14-7-5-4-6-8-14/h4-11,19H,1-3H3/t19-/m0/s1. The Hall–Kier alpha value is -2.88. The minimum atomic E-state index is -0.0610. The fourth-order valence-electron chi connectivity index (χ4n) is 3.59. The van der Waals surface area contributed by atoms with Crippen molar-refractivity contribution in [3.8, 4) is 11.1 Å². The molecule has 2 heterocycles. The van der Waals surface area contributed by atoms with Crippen molar-refractivity contribution in [2.45, 2.75) is 19.9 Å². The molecule has 4 rings (SSSR count). The van der Waals surface area contributed by atoms with E-state index in [1.54, 1.807) is 4.90 Å². The molecule has 1 aliphatic rings. The van der Waals surface area contributed by atoms with Crippen molar-refractivity contribution in [3.63, 3.8) is 0 Å². The largest absolute Gasteiger partial charge is 0.361 e. The molecule has 0 fully saturated rings. The molecule has 4 nitrogen and oxygen atoms in total. The van der Waals surface area contributed by atoms with Crippen LogP contribution in [0.3, 0.4) is 0 Å². The van der Waals surface area contributed by atoms with Gasteiger partial charge in [0.2, 0.25) is 0 Å². The van der Waals surface area contributed by atoms with Crippen molar-refractivity contribution in [3.05, 3.63) is 76.7 Å². The van der Waals surface area contributed by atoms with Gasteiger partial charge < -0.3 is 9.42 Å². The molecule has 0 saturated heterocycles. The van der Waals surface area contributed by atoms with Crippen molar-refractivity contribution in [1.29, 1.82) is 0 Å². The Balaban J connectivity index is 1.89. The molecular weight excluding hydrogens is 300 g/mol. The third-order valence-electron chi connectivity index (χ3n) is 4.72. The monoisotopic (exact) mass is 318 g/mol. The fourth-order valence-corrected chi connectivity index (χ4v) is 3.59. The van der Waals surface area contributed by atoms with Crippen LogP contribution in [0.15, 0.2) is 53.1 Å². The normalized spacial score (nSPS) is 16.5. The lowest BCUT2D eigenvalue weighted by molar-refractivity contribution is 0.0793. The van der Waals surface area contributed by atoms with E-state index in [0.717, 1.165) is 39.3 Å². The maximum absolute atomic E-state index is 12.6. The van der Waals surface area contributed by atoms with Gasteiger partial charge in [-0.2, -0.15) is 0 Å². The SMILES string of the molecule is Cc1noc(C)c1-c1ccc2c(c1)[C@H](c1ccccc1)N(C)C2=O. The van der Waals surface area contributed by atoms with Crippen LogP contribution in [0.4, 0.5) is 0 Å². The van der Waals surface area contributed by atoms with E-state index < -0.39 is 0 Å². The first-order valence-corrected chi connectivity index (χ1v) is 7.97. The number of hydrogen-bond donors (Lipinski definition) is 0. The van der Waals surface area contributed by atoms with Crippen molar-refractivity contribution in [1.82, 2.24) is 10.1 Å². The zero-order valence-corrected chi connectivity index (χ0v) is 13.9. The van der Waals surface area contributed by atoms with Crippen LogP contribution in [0.25, 0.3) is 11.1 Å². The third kappa shape index (κ3) is 2.07. The molecule has 1 atom stereocenters. The van der Waals surface area contributed by atoms with Crippen LogP contribution in [0.1, 0.15) is 39.0 Å². The number of amides is 1. The highest BCUT2D eigenvalue weighted by atomic mass is 16.5. The van der Waals surface area contributed by atoms with Crippen LogP contribution in [-0.4, -0.2) is 23.0 Å². The minimum absolute atomic E-state index is 0.0594. The van der Waals surface area contributed by atoms with Crippen LogP contribution in [0.2, 0.25) is 0 Å². The Bertz CT molecular complexity index is 909. The first-order chi connectivity index (χ1) is 11.6. The third-order valence-corrected chi connectivity index (χ3v) is 4.72. The predicted molar refractivity (Wildman–Crippen MR) is 91.8 cm³/mol. The summed E-state index contributed by atoms with van der Waals surface area (Å²) >= 11 is 0. The zero-order valence-electron chi connectivity index (χ0n) is 13.9. The summed E-state index contributed by atoms with van der Waals surface area (Å²) < 4.78 is 5.30. The van der Waals surface area contributed by atoms with E-state index >= 15 is 0 Å². The lowest BCUT2D eigenvalue weighted by atomic mass is 9.93. The van der Waals surface area contributed by atoms with Gasteiger partial charge in [0.15, 0.2) is 0 Å². The van der Waals surface area contributed by atoms with E-state index in [4.69, 9.17) is 4.52 Å². The number of carbonyl (C=O) groups excluding carboxylic acids is 1. The number of nitrogens with zero attached hydrogens (tertiary/aromatic N) is 2. The molecule has 0 N–H and O–H groups in total. The molecule has 120 valence electrons. The van der Waals surface area contributed by atoms with Gasteiger partial charge in [-0.25, -0.2) is 0 Å². The van der Waals surface area contributed by atoms with Crippen molar-refractivity contribution >= 4 is 5.91 Å². The second-order valence-corrected chi connectivity index (χ2v) is 6.23. The molecule has 0 radical (unpaired) electrons. The highest BCUT2D eigenvalue weighted by molar-refractivity contribution is 6.00. The Kier molecular flexibility index (Phi) is 3.27. The second-order valence-electron chi connectivity index (χ2n) is 6.23. The van der Waals surface area contributed by atoms with Gasteiger partial charge in [0.1, 0.15) is 5.76 Å². The van der Waals surface area contributed by atoms with Crippen LogP contribution < -0.4 is 0 Å². The van der Waals surface area contributed by atoms with E-state index in [9.17, 15) is 4.79 Å². The topological polar surface area (TPSA) is 46.3 Å². The van der Waals surface area contributed by atoms with E-state index in [2.05, 4.69) is 23.4 Å². The van der Waals surface area contributed by atoms with Crippen molar-refractivity contribution in [2.24, 2.45) is 0 Å². The molecule has 3 aromatic rings. The molecule has 1 aromatic heterocycles. The highest BCUT2D eigenvalue weighted by Crippen LogP contribution is 2.40. The number of fused-ring (bicyclic) bond motifs is 1. The lowest BCUT2D eigenvalue weighted by Gasteiger charge is -2.21. The predicted octanol–water partition coefficient (Wildman–Crippen LogP) is 4.13. The molecule has 0 unspecified atom stereocenters. The molecule has 2 aromatic carbocycles. The van der Waals surface area contributed by atoms with Crippen LogP contribution in [0, 0.1) is 13.8 Å². The van der Waals surface area contributed by atoms with Gasteiger partial charge in [0.05, 0.1) is 11.7 Å². The van der Waals surface area contributed by atoms with Gasteiger partial charge in [-0.1, -0.05) is 41.6 Å². The lowest BCUT2D eigenvalue weighted by Crippen LogP contribution is -2.23. The van der Waals surface area contributed by atoms with Gasteiger partial charge in [0.25, 0.3) is 5.91 Å². The molecule has 4 heteroatoms. The van der Waals surface area contributed by atoms with E-state index in [1.165, 1.54) is 0 Å². The summed E-state index contributed by atoms with van der Waals surface area (Å²) in [5, 5.41) is 4.04. The molecule has 0 bridgehead atoms. The molecule has 24 heavy (non-hydrogen) atoms. The van der Waals surface area contributed by atoms with Crippen molar-refractivity contribution in [2.75, 3.05) is 7.05 Å². The smallest absolute Gasteiger partial charge is 0.254 e.